The lowest BCUT2D eigenvalue weighted by Gasteiger charge is -2.07. The van der Waals surface area contributed by atoms with E-state index in [4.69, 9.17) is 5.11 Å². The molecular weight excluding hydrogens is 250 g/mol. The lowest BCUT2D eigenvalue weighted by atomic mass is 9.97. The van der Waals surface area contributed by atoms with Gasteiger partial charge < -0.3 is 5.11 Å². The van der Waals surface area contributed by atoms with E-state index in [1.165, 1.54) is 12.1 Å². The molecule has 102 valence electrons. The normalized spacial score (nSPS) is 10.5. The lowest BCUT2D eigenvalue weighted by Crippen LogP contribution is -2.06. The zero-order valence-electron chi connectivity index (χ0n) is 10.8. The van der Waals surface area contributed by atoms with Crippen molar-refractivity contribution in [2.75, 3.05) is 0 Å². The van der Waals surface area contributed by atoms with Crippen LogP contribution in [0.3, 0.4) is 0 Å². The predicted octanol–water partition coefficient (Wildman–Crippen LogP) is 2.77. The van der Waals surface area contributed by atoms with Crippen LogP contribution in [-0.4, -0.2) is 21.8 Å². The number of aliphatic carboxylic acids is 1. The molecule has 0 spiro atoms. The van der Waals surface area contributed by atoms with Gasteiger partial charge in [0.15, 0.2) is 5.78 Å². The number of Topliss-reactive ketones (excluding diaryl/α,β-unsaturated/α-hetero) is 1. The van der Waals surface area contributed by atoms with Crippen LogP contribution in [0, 0.1) is 10.1 Å². The molecule has 0 saturated heterocycles. The Morgan fingerprint density at radius 3 is 2.42 bits per heavy atom. The van der Waals surface area contributed by atoms with Crippen LogP contribution < -0.4 is 0 Å². The molecule has 0 aliphatic rings. The Balaban J connectivity index is 3.05. The molecule has 0 heterocycles. The Bertz CT molecular complexity index is 522. The van der Waals surface area contributed by atoms with Crippen LogP contribution in [0.25, 0.3) is 0 Å². The quantitative estimate of drug-likeness (QED) is 0.484. The fraction of sp³-hybridized carbons (Fsp3) is 0.385. The Kier molecular flexibility index (Phi) is 4.74. The van der Waals surface area contributed by atoms with E-state index in [-0.39, 0.29) is 30.0 Å². The fourth-order valence-corrected chi connectivity index (χ4v) is 1.73. The molecule has 0 fully saturated rings. The zero-order valence-corrected chi connectivity index (χ0v) is 10.8. The van der Waals surface area contributed by atoms with Crippen molar-refractivity contribution in [2.24, 2.45) is 0 Å². The molecule has 0 aliphatic heterocycles. The first-order valence-corrected chi connectivity index (χ1v) is 5.86. The maximum Gasteiger partial charge on any atom is 0.303 e. The zero-order chi connectivity index (χ0) is 14.6. The van der Waals surface area contributed by atoms with Crippen LogP contribution in [0.1, 0.15) is 48.5 Å². The molecule has 0 amide bonds. The van der Waals surface area contributed by atoms with Crippen LogP contribution in [0.2, 0.25) is 0 Å². The van der Waals surface area contributed by atoms with Gasteiger partial charge in [0.1, 0.15) is 0 Å². The number of nitro groups is 1. The standard InChI is InChI=1S/C13H15NO5/c1-8(2)10-4-3-9(7-11(10)14(18)19)12(15)5-6-13(16)17/h3-4,7-8H,5-6H2,1-2H3,(H,16,17). The summed E-state index contributed by atoms with van der Waals surface area (Å²) in [5.74, 6) is -1.49. The summed E-state index contributed by atoms with van der Waals surface area (Å²) >= 11 is 0. The summed E-state index contributed by atoms with van der Waals surface area (Å²) < 4.78 is 0. The van der Waals surface area contributed by atoms with Crippen LogP contribution in [0.5, 0.6) is 0 Å². The molecule has 0 aromatic heterocycles. The Hall–Kier alpha value is -2.24. The number of nitrogens with zero attached hydrogens (tertiary/aromatic N) is 1. The van der Waals surface area contributed by atoms with Gasteiger partial charge in [0.05, 0.1) is 11.3 Å². The van der Waals surface area contributed by atoms with Gasteiger partial charge in [0, 0.05) is 23.6 Å². The smallest absolute Gasteiger partial charge is 0.303 e. The first kappa shape index (κ1) is 14.8. The number of carbonyl (C=O) groups excluding carboxylic acids is 1. The number of hydrogen-bond donors (Lipinski definition) is 1. The topological polar surface area (TPSA) is 97.5 Å². The molecule has 6 nitrogen and oxygen atoms in total. The van der Waals surface area contributed by atoms with E-state index in [1.54, 1.807) is 6.07 Å². The highest BCUT2D eigenvalue weighted by Gasteiger charge is 2.19. The van der Waals surface area contributed by atoms with E-state index >= 15 is 0 Å². The van der Waals surface area contributed by atoms with Gasteiger partial charge in [-0.3, -0.25) is 19.7 Å². The van der Waals surface area contributed by atoms with E-state index in [9.17, 15) is 19.7 Å². The summed E-state index contributed by atoms with van der Waals surface area (Å²) in [7, 11) is 0. The second-order valence-electron chi connectivity index (χ2n) is 4.50. The van der Waals surface area contributed by atoms with Crippen molar-refractivity contribution < 1.29 is 19.6 Å². The summed E-state index contributed by atoms with van der Waals surface area (Å²) in [4.78, 5) is 32.6. The van der Waals surface area contributed by atoms with E-state index in [2.05, 4.69) is 0 Å². The van der Waals surface area contributed by atoms with Crippen molar-refractivity contribution in [1.29, 1.82) is 0 Å². The summed E-state index contributed by atoms with van der Waals surface area (Å²) in [6, 6.07) is 4.28. The van der Waals surface area contributed by atoms with Crippen molar-refractivity contribution in [3.63, 3.8) is 0 Å². The molecule has 0 radical (unpaired) electrons. The molecule has 19 heavy (non-hydrogen) atoms. The highest BCUT2D eigenvalue weighted by molar-refractivity contribution is 5.98. The maximum atomic E-state index is 11.7. The van der Waals surface area contributed by atoms with Gasteiger partial charge >= 0.3 is 5.97 Å². The number of ketones is 1. The van der Waals surface area contributed by atoms with E-state index in [0.717, 1.165) is 0 Å². The molecule has 1 rings (SSSR count). The third kappa shape index (κ3) is 3.87. The minimum atomic E-state index is -1.07. The minimum Gasteiger partial charge on any atom is -0.481 e. The van der Waals surface area contributed by atoms with Gasteiger partial charge in [-0.1, -0.05) is 26.0 Å². The van der Waals surface area contributed by atoms with E-state index < -0.39 is 16.7 Å². The SMILES string of the molecule is CC(C)c1ccc(C(=O)CCC(=O)O)cc1[N+](=O)[O-]. The third-order valence-corrected chi connectivity index (χ3v) is 2.74. The lowest BCUT2D eigenvalue weighted by molar-refractivity contribution is -0.385. The van der Waals surface area contributed by atoms with Crippen molar-refractivity contribution in [3.05, 3.63) is 39.4 Å². The average Bonchev–Trinajstić information content (AvgIpc) is 2.34. The number of nitro benzene ring substituents is 1. The summed E-state index contributed by atoms with van der Waals surface area (Å²) in [5, 5.41) is 19.5. The summed E-state index contributed by atoms with van der Waals surface area (Å²) in [6.45, 7) is 3.66. The number of carboxylic acid groups (broad SMARTS) is 1. The molecule has 1 N–H and O–H groups in total. The van der Waals surface area contributed by atoms with Crippen molar-refractivity contribution in [2.45, 2.75) is 32.6 Å². The molecule has 1 aromatic carbocycles. The minimum absolute atomic E-state index is 0.0245. The van der Waals surface area contributed by atoms with Crippen molar-refractivity contribution in [1.82, 2.24) is 0 Å². The van der Waals surface area contributed by atoms with Gasteiger partial charge in [-0.05, 0) is 5.92 Å². The van der Waals surface area contributed by atoms with Gasteiger partial charge in [-0.2, -0.15) is 0 Å². The maximum absolute atomic E-state index is 11.7. The number of carboxylic acids is 1. The summed E-state index contributed by atoms with van der Waals surface area (Å²) in [5.41, 5.74) is 0.633. The van der Waals surface area contributed by atoms with Gasteiger partial charge in [0.2, 0.25) is 0 Å². The predicted molar refractivity (Wildman–Crippen MR) is 68.4 cm³/mol. The van der Waals surface area contributed by atoms with Gasteiger partial charge in [0.25, 0.3) is 5.69 Å². The van der Waals surface area contributed by atoms with Crippen molar-refractivity contribution in [3.8, 4) is 0 Å². The van der Waals surface area contributed by atoms with E-state index in [1.807, 2.05) is 13.8 Å². The second-order valence-corrected chi connectivity index (χ2v) is 4.50. The van der Waals surface area contributed by atoms with E-state index in [0.29, 0.717) is 5.56 Å². The van der Waals surface area contributed by atoms with Crippen LogP contribution >= 0.6 is 0 Å². The Labute approximate surface area is 110 Å². The Morgan fingerprint density at radius 1 is 1.32 bits per heavy atom. The Morgan fingerprint density at radius 2 is 1.95 bits per heavy atom. The first-order chi connectivity index (χ1) is 8.82. The molecule has 0 aliphatic carbocycles. The molecule has 6 heteroatoms. The second kappa shape index (κ2) is 6.08. The number of hydrogen-bond acceptors (Lipinski definition) is 4. The number of carbonyl (C=O) groups is 2. The van der Waals surface area contributed by atoms with Crippen LogP contribution in [-0.2, 0) is 4.79 Å². The number of benzene rings is 1. The van der Waals surface area contributed by atoms with Gasteiger partial charge in [-0.15, -0.1) is 0 Å². The highest BCUT2D eigenvalue weighted by Crippen LogP contribution is 2.27. The monoisotopic (exact) mass is 265 g/mol. The molecule has 0 atom stereocenters. The molecule has 0 bridgehead atoms. The number of rotatable bonds is 6. The summed E-state index contributed by atoms with van der Waals surface area (Å²) in [6.07, 6.45) is -0.438. The van der Waals surface area contributed by atoms with Crippen LogP contribution in [0.15, 0.2) is 18.2 Å². The van der Waals surface area contributed by atoms with Crippen molar-refractivity contribution >= 4 is 17.4 Å². The fourth-order valence-electron chi connectivity index (χ4n) is 1.73. The van der Waals surface area contributed by atoms with Crippen LogP contribution in [0.4, 0.5) is 5.69 Å². The molecule has 0 saturated carbocycles. The molecule has 0 unspecified atom stereocenters. The van der Waals surface area contributed by atoms with Gasteiger partial charge in [-0.25, -0.2) is 0 Å². The highest BCUT2D eigenvalue weighted by atomic mass is 16.6. The molecule has 1 aromatic rings. The first-order valence-electron chi connectivity index (χ1n) is 5.86. The third-order valence-electron chi connectivity index (χ3n) is 2.74. The average molecular weight is 265 g/mol. The largest absolute Gasteiger partial charge is 0.481 e. The molecular formula is C13H15NO5.